The molecule has 2 aromatic carbocycles. The Balaban J connectivity index is 1.27. The van der Waals surface area contributed by atoms with Crippen LogP contribution in [0.3, 0.4) is 0 Å². The lowest BCUT2D eigenvalue weighted by molar-refractivity contribution is -0.108. The maximum atomic E-state index is 15.0. The summed E-state index contributed by atoms with van der Waals surface area (Å²) in [6.07, 6.45) is 2.68. The molecule has 5 aliphatic rings. The topological polar surface area (TPSA) is 93.0 Å². The van der Waals surface area contributed by atoms with Gasteiger partial charge in [0.15, 0.2) is 5.96 Å². The van der Waals surface area contributed by atoms with Gasteiger partial charge in [-0.25, -0.2) is 9.37 Å². The van der Waals surface area contributed by atoms with E-state index >= 15 is 0 Å². The van der Waals surface area contributed by atoms with Crippen molar-refractivity contribution in [1.82, 2.24) is 29.6 Å². The average molecular weight is 701 g/mol. The third-order valence-electron chi connectivity index (χ3n) is 12.9. The molecule has 3 heterocycles. The SMILES string of the molecule is COc1ccc(CCn2c(CN3CCN(C)CC3)nc3cc(N(C(=N)N4C[C@@H](C)N[C@@H](C)C4)[C@H]4C[C@H]5C[C@@H]([C@@H]4C)C5(C)C)ccc3c2=O)c(F)c1. The molecule has 0 spiro atoms. The van der Waals surface area contributed by atoms with Gasteiger partial charge in [-0.3, -0.25) is 19.7 Å². The van der Waals surface area contributed by atoms with Gasteiger partial charge in [0.1, 0.15) is 17.4 Å². The molecule has 6 atom stereocenters. The van der Waals surface area contributed by atoms with E-state index in [4.69, 9.17) is 9.72 Å². The number of benzene rings is 2. The van der Waals surface area contributed by atoms with Crippen molar-refractivity contribution in [2.75, 3.05) is 58.3 Å². The van der Waals surface area contributed by atoms with Crippen LogP contribution < -0.4 is 20.5 Å². The van der Waals surface area contributed by atoms with Crippen molar-refractivity contribution in [2.24, 2.45) is 23.2 Å². The standard InChI is InChI=1S/C40H57FN8O2/c1-25-22-47(23-26(2)43-25)39(42)49(36-19-29-18-33(27(36)3)40(29,4)5)30-9-11-32-35(20-30)44-37(24-46-16-14-45(6)15-17-46)48(38(32)50)13-12-28-8-10-31(51-7)21-34(28)41/h8-11,20-21,25-27,29,33,36,42-43H,12-19,22-24H2,1-7H3/t25-,26+,27-,29+,33-,36-/m0/s1. The van der Waals surface area contributed by atoms with Gasteiger partial charge in [-0.15, -0.1) is 0 Å². The fourth-order valence-electron chi connectivity index (χ4n) is 9.64. The van der Waals surface area contributed by atoms with E-state index in [1.165, 1.54) is 19.6 Å². The van der Waals surface area contributed by atoms with Crippen molar-refractivity contribution in [3.8, 4) is 5.75 Å². The van der Waals surface area contributed by atoms with Gasteiger partial charge in [0.2, 0.25) is 0 Å². The van der Waals surface area contributed by atoms with E-state index in [0.29, 0.717) is 76.7 Å². The molecular weight excluding hydrogens is 643 g/mol. The van der Waals surface area contributed by atoms with Gasteiger partial charge in [-0.2, -0.15) is 0 Å². The van der Waals surface area contributed by atoms with E-state index in [0.717, 1.165) is 51.4 Å². The number of halogens is 1. The number of anilines is 1. The van der Waals surface area contributed by atoms with Crippen molar-refractivity contribution in [1.29, 1.82) is 5.41 Å². The summed E-state index contributed by atoms with van der Waals surface area (Å²) in [5.74, 6) is 3.05. The number of hydrogen-bond acceptors (Lipinski definition) is 7. The molecule has 2 bridgehead atoms. The van der Waals surface area contributed by atoms with Crippen LogP contribution in [-0.2, 0) is 19.5 Å². The summed E-state index contributed by atoms with van der Waals surface area (Å²) in [5, 5.41) is 13.9. The number of nitrogens with one attached hydrogen (secondary N) is 2. The van der Waals surface area contributed by atoms with Gasteiger partial charge < -0.3 is 24.8 Å². The fraction of sp³-hybridized carbons (Fsp3) is 0.625. The number of guanidine groups is 1. The van der Waals surface area contributed by atoms with Gasteiger partial charge >= 0.3 is 0 Å². The zero-order valence-electron chi connectivity index (χ0n) is 31.6. The lowest BCUT2D eigenvalue weighted by Crippen LogP contribution is -2.65. The number of likely N-dealkylation sites (N-methyl/N-ethyl adjacent to an activating group) is 1. The Morgan fingerprint density at radius 3 is 2.43 bits per heavy atom. The molecule has 2 saturated heterocycles. The molecule has 10 nitrogen and oxygen atoms in total. The quantitative estimate of drug-likeness (QED) is 0.250. The number of nitrogens with zero attached hydrogens (tertiary/aromatic N) is 6. The second-order valence-corrected chi connectivity index (χ2v) is 16.6. The van der Waals surface area contributed by atoms with Gasteiger partial charge in [-0.1, -0.05) is 26.8 Å². The van der Waals surface area contributed by atoms with E-state index in [1.807, 2.05) is 12.1 Å². The Morgan fingerprint density at radius 2 is 1.78 bits per heavy atom. The number of fused-ring (bicyclic) bond motifs is 3. The first kappa shape index (κ1) is 35.8. The maximum Gasteiger partial charge on any atom is 0.261 e. The second-order valence-electron chi connectivity index (χ2n) is 16.6. The highest BCUT2D eigenvalue weighted by Gasteiger charge is 2.58. The Hall–Kier alpha value is -3.54. The summed E-state index contributed by atoms with van der Waals surface area (Å²) in [6.45, 7) is 17.7. The van der Waals surface area contributed by atoms with Crippen LogP contribution in [0.5, 0.6) is 5.75 Å². The maximum absolute atomic E-state index is 15.0. The zero-order chi connectivity index (χ0) is 36.2. The Morgan fingerprint density at radius 1 is 1.06 bits per heavy atom. The normalized spacial score (nSPS) is 28.0. The number of ether oxygens (including phenoxy) is 1. The number of methoxy groups -OCH3 is 1. The van der Waals surface area contributed by atoms with E-state index in [1.54, 1.807) is 16.7 Å². The second kappa shape index (κ2) is 14.1. The molecule has 0 amide bonds. The molecule has 2 N–H and O–H groups in total. The predicted octanol–water partition coefficient (Wildman–Crippen LogP) is 5.03. The highest BCUT2D eigenvalue weighted by Crippen LogP contribution is 2.62. The molecular formula is C40H57FN8O2. The predicted molar refractivity (Wildman–Crippen MR) is 202 cm³/mol. The third kappa shape index (κ3) is 6.89. The number of piperazine rings is 2. The molecule has 1 aromatic heterocycles. The number of aryl methyl sites for hydroxylation is 1. The monoisotopic (exact) mass is 700 g/mol. The van der Waals surface area contributed by atoms with Crippen LogP contribution in [0, 0.1) is 34.4 Å². The van der Waals surface area contributed by atoms with Crippen LogP contribution in [0.25, 0.3) is 10.9 Å². The van der Waals surface area contributed by atoms with Crippen molar-refractivity contribution < 1.29 is 9.13 Å². The Kier molecular flexibility index (Phi) is 9.92. The molecule has 3 saturated carbocycles. The minimum Gasteiger partial charge on any atom is -0.497 e. The highest BCUT2D eigenvalue weighted by atomic mass is 19.1. The zero-order valence-corrected chi connectivity index (χ0v) is 31.6. The minimum atomic E-state index is -0.338. The first-order valence-electron chi connectivity index (χ1n) is 19.0. The smallest absolute Gasteiger partial charge is 0.261 e. The largest absolute Gasteiger partial charge is 0.497 e. The van der Waals surface area contributed by atoms with Crippen molar-refractivity contribution in [3.63, 3.8) is 0 Å². The summed E-state index contributed by atoms with van der Waals surface area (Å²) >= 11 is 0. The van der Waals surface area contributed by atoms with Crippen LogP contribution >= 0.6 is 0 Å². The average Bonchev–Trinajstić information content (AvgIpc) is 3.09. The molecule has 276 valence electrons. The van der Waals surface area contributed by atoms with Crippen LogP contribution in [-0.4, -0.2) is 102 Å². The first-order chi connectivity index (χ1) is 24.3. The molecule has 0 radical (unpaired) electrons. The highest BCUT2D eigenvalue weighted by molar-refractivity contribution is 5.97. The van der Waals surface area contributed by atoms with Gasteiger partial charge in [0, 0.05) is 75.7 Å². The summed E-state index contributed by atoms with van der Waals surface area (Å²) in [4.78, 5) is 28.8. The molecule has 3 aliphatic carbocycles. The van der Waals surface area contributed by atoms with Crippen LogP contribution in [0.15, 0.2) is 41.2 Å². The Labute approximate surface area is 302 Å². The van der Waals surface area contributed by atoms with E-state index in [9.17, 15) is 14.6 Å². The number of hydrogen-bond donors (Lipinski definition) is 2. The van der Waals surface area contributed by atoms with Crippen molar-refractivity contribution >= 4 is 22.5 Å². The summed E-state index contributed by atoms with van der Waals surface area (Å²) in [5.41, 5.74) is 2.34. The molecule has 0 unspecified atom stereocenters. The fourth-order valence-corrected chi connectivity index (χ4v) is 9.64. The molecule has 8 rings (SSSR count). The number of rotatable bonds is 8. The van der Waals surface area contributed by atoms with Gasteiger partial charge in [-0.05, 0) is 93.2 Å². The van der Waals surface area contributed by atoms with Crippen LogP contribution in [0.1, 0.15) is 58.8 Å². The summed E-state index contributed by atoms with van der Waals surface area (Å²) in [7, 11) is 3.66. The summed E-state index contributed by atoms with van der Waals surface area (Å²) < 4.78 is 21.9. The van der Waals surface area contributed by atoms with Crippen LogP contribution in [0.2, 0.25) is 0 Å². The van der Waals surface area contributed by atoms with Crippen molar-refractivity contribution in [3.05, 3.63) is 64.0 Å². The lowest BCUT2D eigenvalue weighted by Gasteiger charge is -2.63. The van der Waals surface area contributed by atoms with Gasteiger partial charge in [0.25, 0.3) is 5.56 Å². The molecule has 3 aromatic rings. The molecule has 11 heteroatoms. The summed E-state index contributed by atoms with van der Waals surface area (Å²) in [6, 6.07) is 11.6. The van der Waals surface area contributed by atoms with E-state index in [2.05, 4.69) is 72.6 Å². The lowest BCUT2D eigenvalue weighted by atomic mass is 9.44. The molecule has 5 fully saturated rings. The molecule has 51 heavy (non-hydrogen) atoms. The van der Waals surface area contributed by atoms with Crippen LogP contribution in [0.4, 0.5) is 10.1 Å². The third-order valence-corrected chi connectivity index (χ3v) is 12.9. The Bertz CT molecular complexity index is 1810. The van der Waals surface area contributed by atoms with E-state index < -0.39 is 0 Å². The first-order valence-corrected chi connectivity index (χ1v) is 19.0. The van der Waals surface area contributed by atoms with E-state index in [-0.39, 0.29) is 29.5 Å². The molecule has 2 aliphatic heterocycles. The number of aromatic nitrogens is 2. The minimum absolute atomic E-state index is 0.106. The van der Waals surface area contributed by atoms with Gasteiger partial charge in [0.05, 0.1) is 24.6 Å². The van der Waals surface area contributed by atoms with Crippen molar-refractivity contribution in [2.45, 2.75) is 85.1 Å².